The van der Waals surface area contributed by atoms with Gasteiger partial charge in [-0.25, -0.2) is 0 Å². The number of methoxy groups -OCH3 is 1. The van der Waals surface area contributed by atoms with Crippen LogP contribution in [-0.4, -0.2) is 41.1 Å². The van der Waals surface area contributed by atoms with Crippen LogP contribution in [0.15, 0.2) is 59.1 Å². The Labute approximate surface area is 162 Å². The predicted molar refractivity (Wildman–Crippen MR) is 102 cm³/mol. The van der Waals surface area contributed by atoms with E-state index >= 15 is 0 Å². The first-order valence-corrected chi connectivity index (χ1v) is 9.23. The molecule has 4 rings (SSSR count). The summed E-state index contributed by atoms with van der Waals surface area (Å²) in [5.74, 6) is 1.86. The van der Waals surface area contributed by atoms with E-state index in [0.29, 0.717) is 30.3 Å². The van der Waals surface area contributed by atoms with Crippen LogP contribution in [0.5, 0.6) is 17.5 Å². The first-order valence-electron chi connectivity index (χ1n) is 9.23. The summed E-state index contributed by atoms with van der Waals surface area (Å²) in [5.41, 5.74) is 0.639. The number of rotatable bonds is 5. The first kappa shape index (κ1) is 18.0. The fourth-order valence-corrected chi connectivity index (χ4v) is 3.30. The van der Waals surface area contributed by atoms with Gasteiger partial charge in [-0.15, -0.1) is 0 Å². The number of para-hydroxylation sites is 1. The van der Waals surface area contributed by atoms with Gasteiger partial charge in [0.25, 0.3) is 5.91 Å². The Balaban J connectivity index is 1.42. The Morgan fingerprint density at radius 1 is 1.11 bits per heavy atom. The molecule has 1 unspecified atom stereocenters. The lowest BCUT2D eigenvalue weighted by atomic mass is 9.97. The second-order valence-electron chi connectivity index (χ2n) is 6.65. The van der Waals surface area contributed by atoms with Crippen LogP contribution in [0, 0.1) is 0 Å². The molecule has 1 amide bonds. The van der Waals surface area contributed by atoms with E-state index in [1.165, 1.54) is 0 Å². The molecule has 1 atom stereocenters. The molecule has 0 saturated carbocycles. The number of carbonyl (C=O) groups is 1. The lowest BCUT2D eigenvalue weighted by molar-refractivity contribution is 0.0695. The third kappa shape index (κ3) is 3.98. The van der Waals surface area contributed by atoms with Crippen molar-refractivity contribution in [1.29, 1.82) is 0 Å². The number of nitrogens with zero attached hydrogens (tertiary/aromatic N) is 3. The third-order valence-electron chi connectivity index (χ3n) is 4.77. The fraction of sp³-hybridized carbons (Fsp3) is 0.286. The maximum absolute atomic E-state index is 12.8. The van der Waals surface area contributed by atoms with Crippen LogP contribution < -0.4 is 9.47 Å². The number of aromatic nitrogens is 2. The van der Waals surface area contributed by atoms with E-state index in [2.05, 4.69) is 10.1 Å². The van der Waals surface area contributed by atoms with E-state index in [1.54, 1.807) is 31.4 Å². The smallest absolute Gasteiger partial charge is 0.359 e. The number of hydrogen-bond acceptors (Lipinski definition) is 6. The van der Waals surface area contributed by atoms with Gasteiger partial charge in [0.1, 0.15) is 11.5 Å². The zero-order chi connectivity index (χ0) is 19.3. The van der Waals surface area contributed by atoms with Gasteiger partial charge >= 0.3 is 6.01 Å². The Kier molecular flexibility index (Phi) is 5.23. The van der Waals surface area contributed by atoms with Crippen LogP contribution in [0.2, 0.25) is 0 Å². The number of amides is 1. The van der Waals surface area contributed by atoms with Gasteiger partial charge in [0.15, 0.2) is 0 Å². The van der Waals surface area contributed by atoms with Crippen LogP contribution in [0.4, 0.5) is 0 Å². The Morgan fingerprint density at radius 3 is 2.64 bits per heavy atom. The molecule has 0 bridgehead atoms. The van der Waals surface area contributed by atoms with Crippen LogP contribution in [0.3, 0.4) is 0 Å². The van der Waals surface area contributed by atoms with E-state index < -0.39 is 0 Å². The molecule has 0 radical (unpaired) electrons. The topological polar surface area (TPSA) is 77.7 Å². The SMILES string of the molecule is COc1ccc(C(=O)N2CCCC(c3nc(Oc4ccccc4)no3)C2)cc1. The largest absolute Gasteiger partial charge is 0.497 e. The van der Waals surface area contributed by atoms with E-state index in [4.69, 9.17) is 14.0 Å². The average molecular weight is 379 g/mol. The number of piperidine rings is 1. The maximum Gasteiger partial charge on any atom is 0.359 e. The molecule has 0 N–H and O–H groups in total. The van der Waals surface area contributed by atoms with Crippen molar-refractivity contribution in [3.05, 3.63) is 66.1 Å². The van der Waals surface area contributed by atoms with Crippen molar-refractivity contribution in [1.82, 2.24) is 15.0 Å². The van der Waals surface area contributed by atoms with Crippen molar-refractivity contribution in [3.8, 4) is 17.5 Å². The minimum absolute atomic E-state index is 0.00317. The lowest BCUT2D eigenvalue weighted by Gasteiger charge is -2.31. The Hall–Kier alpha value is -3.35. The van der Waals surface area contributed by atoms with Crippen molar-refractivity contribution in [2.75, 3.05) is 20.2 Å². The van der Waals surface area contributed by atoms with E-state index in [9.17, 15) is 4.79 Å². The normalized spacial score (nSPS) is 16.6. The zero-order valence-electron chi connectivity index (χ0n) is 15.6. The molecule has 2 heterocycles. The quantitative estimate of drug-likeness (QED) is 0.669. The van der Waals surface area contributed by atoms with E-state index in [-0.39, 0.29) is 17.8 Å². The van der Waals surface area contributed by atoms with Gasteiger partial charge < -0.3 is 18.9 Å². The molecule has 0 aliphatic carbocycles. The molecule has 7 nitrogen and oxygen atoms in total. The second kappa shape index (κ2) is 8.12. The minimum atomic E-state index is -0.00683. The summed E-state index contributed by atoms with van der Waals surface area (Å²) in [6.45, 7) is 1.25. The summed E-state index contributed by atoms with van der Waals surface area (Å²) in [6.07, 6.45) is 1.77. The average Bonchev–Trinajstić information content (AvgIpc) is 3.22. The molecule has 1 saturated heterocycles. The van der Waals surface area contributed by atoms with Gasteiger partial charge in [0, 0.05) is 18.7 Å². The van der Waals surface area contributed by atoms with Crippen LogP contribution >= 0.6 is 0 Å². The van der Waals surface area contributed by atoms with Crippen molar-refractivity contribution < 1.29 is 18.8 Å². The maximum atomic E-state index is 12.8. The van der Waals surface area contributed by atoms with Gasteiger partial charge in [-0.05, 0) is 54.4 Å². The van der Waals surface area contributed by atoms with Gasteiger partial charge in [0.2, 0.25) is 5.89 Å². The number of carbonyl (C=O) groups excluding carboxylic acids is 1. The molecular formula is C21H21N3O4. The van der Waals surface area contributed by atoms with Crippen molar-refractivity contribution >= 4 is 5.91 Å². The molecule has 1 fully saturated rings. The fourth-order valence-electron chi connectivity index (χ4n) is 3.30. The lowest BCUT2D eigenvalue weighted by Crippen LogP contribution is -2.39. The van der Waals surface area contributed by atoms with E-state index in [1.807, 2.05) is 35.2 Å². The number of benzene rings is 2. The van der Waals surface area contributed by atoms with Gasteiger partial charge in [-0.1, -0.05) is 18.2 Å². The molecule has 2 aromatic carbocycles. The predicted octanol–water partition coefficient (Wildman–Crippen LogP) is 3.89. The molecular weight excluding hydrogens is 358 g/mol. The molecule has 1 aliphatic rings. The highest BCUT2D eigenvalue weighted by Crippen LogP contribution is 2.29. The number of likely N-dealkylation sites (tertiary alicyclic amines) is 1. The second-order valence-corrected chi connectivity index (χ2v) is 6.65. The molecule has 7 heteroatoms. The van der Waals surface area contributed by atoms with Crippen molar-refractivity contribution in [2.45, 2.75) is 18.8 Å². The highest BCUT2D eigenvalue weighted by molar-refractivity contribution is 5.94. The summed E-state index contributed by atoms with van der Waals surface area (Å²) in [7, 11) is 1.60. The minimum Gasteiger partial charge on any atom is -0.497 e. The van der Waals surface area contributed by atoms with Crippen molar-refractivity contribution in [3.63, 3.8) is 0 Å². The molecule has 28 heavy (non-hydrogen) atoms. The summed E-state index contributed by atoms with van der Waals surface area (Å²) < 4.78 is 16.2. The Bertz CT molecular complexity index is 924. The van der Waals surface area contributed by atoms with Gasteiger partial charge in [0.05, 0.1) is 13.0 Å². The Morgan fingerprint density at radius 2 is 1.89 bits per heavy atom. The molecule has 3 aromatic rings. The molecule has 1 aliphatic heterocycles. The molecule has 144 valence electrons. The van der Waals surface area contributed by atoms with Crippen LogP contribution in [0.25, 0.3) is 0 Å². The van der Waals surface area contributed by atoms with E-state index in [0.717, 1.165) is 18.6 Å². The molecule has 0 spiro atoms. The first-order chi connectivity index (χ1) is 13.7. The standard InChI is InChI=1S/C21H21N3O4/c1-26-17-11-9-15(10-12-17)20(25)24-13-5-6-16(14-24)19-22-21(23-28-19)27-18-7-3-2-4-8-18/h2-4,7-12,16H,5-6,13-14H2,1H3. The van der Waals surface area contributed by atoms with Crippen molar-refractivity contribution in [2.24, 2.45) is 0 Å². The van der Waals surface area contributed by atoms with Crippen LogP contribution in [-0.2, 0) is 0 Å². The number of ether oxygens (including phenoxy) is 2. The van der Waals surface area contributed by atoms with Crippen LogP contribution in [0.1, 0.15) is 35.0 Å². The monoisotopic (exact) mass is 379 g/mol. The highest BCUT2D eigenvalue weighted by Gasteiger charge is 2.29. The summed E-state index contributed by atoms with van der Waals surface area (Å²) in [6, 6.07) is 16.6. The van der Waals surface area contributed by atoms with Gasteiger partial charge in [-0.3, -0.25) is 4.79 Å². The third-order valence-corrected chi connectivity index (χ3v) is 4.77. The summed E-state index contributed by atoms with van der Waals surface area (Å²) in [4.78, 5) is 19.0. The highest BCUT2D eigenvalue weighted by atomic mass is 16.6. The van der Waals surface area contributed by atoms with Gasteiger partial charge in [-0.2, -0.15) is 4.98 Å². The summed E-state index contributed by atoms with van der Waals surface area (Å²) in [5, 5.41) is 3.91. The summed E-state index contributed by atoms with van der Waals surface area (Å²) >= 11 is 0. The zero-order valence-corrected chi connectivity index (χ0v) is 15.6. The number of hydrogen-bond donors (Lipinski definition) is 0. The molecule has 1 aromatic heterocycles.